The normalized spacial score (nSPS) is 19.1. The Labute approximate surface area is 260 Å². The molecule has 0 amide bonds. The number of rotatable bonds is 12. The highest BCUT2D eigenvalue weighted by Crippen LogP contribution is 2.39. The predicted octanol–water partition coefficient (Wildman–Crippen LogP) is 3.98. The number of aromatic nitrogens is 4. The Hall–Kier alpha value is -3.90. The smallest absolute Gasteiger partial charge is 0.261 e. The Morgan fingerprint density at radius 2 is 1.75 bits per heavy atom. The van der Waals surface area contributed by atoms with E-state index in [4.69, 9.17) is 18.9 Å². The summed E-state index contributed by atoms with van der Waals surface area (Å²) in [5.74, 6) is 1.16. The van der Waals surface area contributed by atoms with Gasteiger partial charge in [-0.15, -0.1) is 0 Å². The molecule has 44 heavy (non-hydrogen) atoms. The lowest BCUT2D eigenvalue weighted by Crippen LogP contribution is -2.67. The Morgan fingerprint density at radius 3 is 2.34 bits per heavy atom. The summed E-state index contributed by atoms with van der Waals surface area (Å²) in [6.07, 6.45) is 3.59. The summed E-state index contributed by atoms with van der Waals surface area (Å²) in [4.78, 5) is 20.1. The summed E-state index contributed by atoms with van der Waals surface area (Å²) in [5, 5.41) is 13.5. The second-order valence-corrected chi connectivity index (χ2v) is 16.5. The molecule has 1 fully saturated rings. The molecule has 4 aromatic rings. The lowest BCUT2D eigenvalue weighted by molar-refractivity contribution is -0.0408. The quantitative estimate of drug-likeness (QED) is 0.0840. The highest BCUT2D eigenvalue weighted by molar-refractivity contribution is 6.99. The third kappa shape index (κ3) is 6.32. The zero-order valence-electron chi connectivity index (χ0n) is 26.1. The second-order valence-electron chi connectivity index (χ2n) is 12.2. The molecule has 1 saturated heterocycles. The van der Waals surface area contributed by atoms with Gasteiger partial charge < -0.3 is 23.9 Å². The predicted molar refractivity (Wildman–Crippen MR) is 175 cm³/mol. The zero-order chi connectivity index (χ0) is 31.3. The van der Waals surface area contributed by atoms with Gasteiger partial charge in [0.15, 0.2) is 17.0 Å². The molecule has 3 heterocycles. The topological polar surface area (TPSA) is 107 Å². The first-order chi connectivity index (χ1) is 21.2. The van der Waals surface area contributed by atoms with Crippen molar-refractivity contribution in [3.05, 3.63) is 85.7 Å². The fourth-order valence-electron chi connectivity index (χ4n) is 5.91. The van der Waals surface area contributed by atoms with Crippen molar-refractivity contribution in [3.63, 3.8) is 0 Å². The van der Waals surface area contributed by atoms with Crippen LogP contribution in [0.5, 0.6) is 0 Å². The van der Waals surface area contributed by atoms with Gasteiger partial charge in [-0.2, -0.15) is 0 Å². The number of nitrogens with zero attached hydrogens (tertiary/aromatic N) is 6. The molecule has 1 unspecified atom stereocenters. The van der Waals surface area contributed by atoms with Gasteiger partial charge in [0, 0.05) is 26.9 Å². The summed E-state index contributed by atoms with van der Waals surface area (Å²) < 4.78 is 21.1. The van der Waals surface area contributed by atoms with Gasteiger partial charge in [0.25, 0.3) is 8.32 Å². The molecule has 0 radical (unpaired) electrons. The molecule has 3 atom stereocenters. The van der Waals surface area contributed by atoms with Crippen LogP contribution in [-0.4, -0.2) is 83.7 Å². The highest BCUT2D eigenvalue weighted by atomic mass is 28.4. The molecule has 5 rings (SSSR count). The van der Waals surface area contributed by atoms with Crippen molar-refractivity contribution in [2.45, 2.75) is 57.1 Å². The van der Waals surface area contributed by atoms with E-state index in [0.29, 0.717) is 42.3 Å². The molecule has 2 aromatic carbocycles. The highest BCUT2D eigenvalue weighted by Gasteiger charge is 2.51. The third-order valence-corrected chi connectivity index (χ3v) is 12.9. The standard InChI is InChI=1S/C33H42N6O4Si/c1-7-41-19-18-28-37-30-31(36-23-38(5)6)34-22-35-32(30)39(28)29-20-26(40)27(43-29)21-42-44(33(2,3)4,24-14-10-8-11-15-24)25-16-12-9-13-17-25/h7-17,22-23,26-27,29,40H,1,18-21H2,2-6H3/b36-23+/t26?,27-,29-/m1/s1. The first kappa shape index (κ1) is 31.5. The van der Waals surface area contributed by atoms with Crippen LogP contribution in [-0.2, 0) is 20.3 Å². The SMILES string of the molecule is C=COCCc1nc2c(/N=C/N(C)C)ncnc2n1[C@H]1CC(O)[C@@H](CO[Si](c2ccccc2)(c2ccccc2)C(C)(C)C)O1. The van der Waals surface area contributed by atoms with Gasteiger partial charge in [-0.05, 0) is 15.4 Å². The molecular weight excluding hydrogens is 572 g/mol. The van der Waals surface area contributed by atoms with Gasteiger partial charge in [-0.1, -0.05) is 88.0 Å². The maximum Gasteiger partial charge on any atom is 0.261 e. The van der Waals surface area contributed by atoms with E-state index < -0.39 is 26.8 Å². The molecule has 232 valence electrons. The van der Waals surface area contributed by atoms with E-state index in [0.717, 1.165) is 0 Å². The number of benzene rings is 2. The van der Waals surface area contributed by atoms with Crippen molar-refractivity contribution in [2.24, 2.45) is 4.99 Å². The molecule has 0 bridgehead atoms. The lowest BCUT2D eigenvalue weighted by atomic mass is 10.2. The Kier molecular flexibility index (Phi) is 9.59. The number of aliphatic hydroxyl groups is 1. The van der Waals surface area contributed by atoms with E-state index in [2.05, 4.69) is 90.8 Å². The molecule has 2 aromatic heterocycles. The minimum atomic E-state index is -2.81. The minimum Gasteiger partial charge on any atom is -0.501 e. The van der Waals surface area contributed by atoms with Crippen molar-refractivity contribution in [2.75, 3.05) is 27.3 Å². The maximum absolute atomic E-state index is 11.4. The number of aliphatic hydroxyl groups excluding tert-OH is 1. The molecular formula is C33H42N6O4Si. The van der Waals surface area contributed by atoms with Crippen LogP contribution in [0.3, 0.4) is 0 Å². The molecule has 11 heteroatoms. The first-order valence-corrected chi connectivity index (χ1v) is 16.8. The van der Waals surface area contributed by atoms with Crippen LogP contribution in [0.15, 0.2) is 84.8 Å². The van der Waals surface area contributed by atoms with Crippen LogP contribution in [0.4, 0.5) is 5.82 Å². The van der Waals surface area contributed by atoms with Gasteiger partial charge in [-0.3, -0.25) is 4.57 Å². The van der Waals surface area contributed by atoms with E-state index in [9.17, 15) is 5.11 Å². The average molecular weight is 615 g/mol. The number of hydrogen-bond acceptors (Lipinski definition) is 8. The second kappa shape index (κ2) is 13.4. The summed E-state index contributed by atoms with van der Waals surface area (Å²) >= 11 is 0. The Balaban J connectivity index is 1.48. The first-order valence-electron chi connectivity index (χ1n) is 14.9. The molecule has 1 N–H and O–H groups in total. The van der Waals surface area contributed by atoms with Crippen molar-refractivity contribution < 1.29 is 19.0 Å². The molecule has 10 nitrogen and oxygen atoms in total. The van der Waals surface area contributed by atoms with Crippen molar-refractivity contribution in [3.8, 4) is 0 Å². The van der Waals surface area contributed by atoms with Gasteiger partial charge in [0.1, 0.15) is 24.5 Å². The number of ether oxygens (including phenoxy) is 2. The van der Waals surface area contributed by atoms with Crippen molar-refractivity contribution in [1.82, 2.24) is 24.4 Å². The maximum atomic E-state index is 11.4. The summed E-state index contributed by atoms with van der Waals surface area (Å²) in [6, 6.07) is 20.9. The summed E-state index contributed by atoms with van der Waals surface area (Å²) in [6.45, 7) is 11.0. The fourth-order valence-corrected chi connectivity index (χ4v) is 10.5. The number of hydrogen-bond donors (Lipinski definition) is 1. The zero-order valence-corrected chi connectivity index (χ0v) is 27.1. The van der Waals surface area contributed by atoms with Crippen LogP contribution in [0.1, 0.15) is 39.2 Å². The van der Waals surface area contributed by atoms with Crippen LogP contribution in [0.2, 0.25) is 5.04 Å². The molecule has 0 saturated carbocycles. The van der Waals surface area contributed by atoms with Gasteiger partial charge in [0.05, 0.1) is 31.9 Å². The Bertz CT molecular complexity index is 1530. The third-order valence-electron chi connectivity index (χ3n) is 7.88. The monoisotopic (exact) mass is 614 g/mol. The number of fused-ring (bicyclic) bond motifs is 1. The van der Waals surface area contributed by atoms with Gasteiger partial charge >= 0.3 is 0 Å². The van der Waals surface area contributed by atoms with Crippen LogP contribution in [0.25, 0.3) is 11.2 Å². The molecule has 1 aliphatic rings. The summed E-state index contributed by atoms with van der Waals surface area (Å²) in [7, 11) is 0.967. The van der Waals surface area contributed by atoms with E-state index >= 15 is 0 Å². The van der Waals surface area contributed by atoms with Gasteiger partial charge in [0.2, 0.25) is 0 Å². The molecule has 1 aliphatic heterocycles. The van der Waals surface area contributed by atoms with E-state index in [1.54, 1.807) is 6.34 Å². The van der Waals surface area contributed by atoms with E-state index in [-0.39, 0.29) is 11.6 Å². The van der Waals surface area contributed by atoms with Crippen LogP contribution >= 0.6 is 0 Å². The van der Waals surface area contributed by atoms with E-state index in [1.807, 2.05) is 35.7 Å². The van der Waals surface area contributed by atoms with Crippen molar-refractivity contribution in [1.29, 1.82) is 0 Å². The van der Waals surface area contributed by atoms with Crippen LogP contribution < -0.4 is 10.4 Å². The number of imidazole rings is 1. The minimum absolute atomic E-state index is 0.196. The summed E-state index contributed by atoms with van der Waals surface area (Å²) in [5.41, 5.74) is 1.15. The fraction of sp³-hybridized carbons (Fsp3) is 0.394. The lowest BCUT2D eigenvalue weighted by Gasteiger charge is -2.43. The van der Waals surface area contributed by atoms with E-state index in [1.165, 1.54) is 23.0 Å². The van der Waals surface area contributed by atoms with Crippen molar-refractivity contribution >= 4 is 42.0 Å². The van der Waals surface area contributed by atoms with Gasteiger partial charge in [-0.25, -0.2) is 19.9 Å². The molecule has 0 aliphatic carbocycles. The average Bonchev–Trinajstić information content (AvgIpc) is 3.56. The Morgan fingerprint density at radius 1 is 1.09 bits per heavy atom. The number of aliphatic imine (C=N–C) groups is 1. The largest absolute Gasteiger partial charge is 0.501 e. The van der Waals surface area contributed by atoms with Crippen LogP contribution in [0, 0.1) is 0 Å². The molecule has 0 spiro atoms.